The first-order valence-corrected chi connectivity index (χ1v) is 6.89. The van der Waals surface area contributed by atoms with E-state index in [-0.39, 0.29) is 6.03 Å². The van der Waals surface area contributed by atoms with Crippen LogP contribution in [-0.4, -0.2) is 31.0 Å². The van der Waals surface area contributed by atoms with E-state index in [1.165, 1.54) is 17.6 Å². The molecular formula is C13H20N2O2S. The molecule has 100 valence electrons. The molecule has 0 aromatic heterocycles. The lowest BCUT2D eigenvalue weighted by molar-refractivity contribution is -0.0598. The van der Waals surface area contributed by atoms with Gasteiger partial charge in [0.05, 0.1) is 7.11 Å². The Morgan fingerprint density at radius 3 is 2.78 bits per heavy atom. The van der Waals surface area contributed by atoms with Crippen LogP contribution >= 0.6 is 11.8 Å². The summed E-state index contributed by atoms with van der Waals surface area (Å²) in [5.41, 5.74) is 1.95. The Morgan fingerprint density at radius 2 is 2.22 bits per heavy atom. The second-order valence-electron chi connectivity index (χ2n) is 3.94. The van der Waals surface area contributed by atoms with E-state index in [0.717, 1.165) is 22.9 Å². The van der Waals surface area contributed by atoms with Crippen molar-refractivity contribution >= 4 is 23.5 Å². The third kappa shape index (κ3) is 4.23. The third-order valence-electron chi connectivity index (χ3n) is 2.45. The lowest BCUT2D eigenvalue weighted by atomic mass is 10.2. The van der Waals surface area contributed by atoms with Crippen molar-refractivity contribution in [3.63, 3.8) is 0 Å². The predicted octanol–water partition coefficient (Wildman–Crippen LogP) is 3.52. The number of hydrogen-bond donors (Lipinski definition) is 1. The summed E-state index contributed by atoms with van der Waals surface area (Å²) in [6.45, 7) is 4.21. The first kappa shape index (κ1) is 14.9. The normalized spacial score (nSPS) is 10.2. The molecule has 4 nitrogen and oxygen atoms in total. The monoisotopic (exact) mass is 268 g/mol. The van der Waals surface area contributed by atoms with E-state index in [4.69, 9.17) is 4.84 Å². The van der Waals surface area contributed by atoms with Gasteiger partial charge in [0.1, 0.15) is 0 Å². The van der Waals surface area contributed by atoms with E-state index in [1.807, 2.05) is 36.9 Å². The van der Waals surface area contributed by atoms with Crippen LogP contribution in [0, 0.1) is 6.92 Å². The number of carbonyl (C=O) groups excluding carboxylic acids is 1. The van der Waals surface area contributed by atoms with Gasteiger partial charge in [0, 0.05) is 17.6 Å². The minimum atomic E-state index is -0.286. The molecule has 0 aliphatic rings. The van der Waals surface area contributed by atoms with Crippen LogP contribution in [-0.2, 0) is 4.84 Å². The van der Waals surface area contributed by atoms with Crippen molar-refractivity contribution in [3.05, 3.63) is 23.8 Å². The van der Waals surface area contributed by atoms with E-state index in [0.29, 0.717) is 0 Å². The standard InChI is InChI=1S/C13H20N2O2S/c1-5-8-18-12-7-6-11(9-10(12)2)14-13(16)15(3)17-4/h6-7,9H,5,8H2,1-4H3,(H,14,16). The molecule has 0 aliphatic carbocycles. The number of anilines is 1. The fourth-order valence-corrected chi connectivity index (χ4v) is 2.26. The number of hydroxylamine groups is 2. The Labute approximate surface area is 113 Å². The first-order chi connectivity index (χ1) is 8.58. The summed E-state index contributed by atoms with van der Waals surface area (Å²) in [5, 5.41) is 3.92. The summed E-state index contributed by atoms with van der Waals surface area (Å²) in [7, 11) is 3.02. The average molecular weight is 268 g/mol. The molecule has 0 unspecified atom stereocenters. The van der Waals surface area contributed by atoms with Crippen molar-refractivity contribution in [2.75, 3.05) is 25.2 Å². The van der Waals surface area contributed by atoms with Gasteiger partial charge in [-0.1, -0.05) is 6.92 Å². The lowest BCUT2D eigenvalue weighted by Gasteiger charge is -2.15. The second-order valence-corrected chi connectivity index (χ2v) is 5.08. The topological polar surface area (TPSA) is 41.6 Å². The number of nitrogens with zero attached hydrogens (tertiary/aromatic N) is 1. The number of benzene rings is 1. The molecule has 0 atom stereocenters. The first-order valence-electron chi connectivity index (χ1n) is 5.90. The molecule has 1 aromatic rings. The van der Waals surface area contributed by atoms with E-state index < -0.39 is 0 Å². The van der Waals surface area contributed by atoms with Crippen molar-refractivity contribution < 1.29 is 9.63 Å². The molecule has 18 heavy (non-hydrogen) atoms. The van der Waals surface area contributed by atoms with Crippen LogP contribution in [0.3, 0.4) is 0 Å². The van der Waals surface area contributed by atoms with E-state index >= 15 is 0 Å². The van der Waals surface area contributed by atoms with Crippen LogP contribution < -0.4 is 5.32 Å². The van der Waals surface area contributed by atoms with Gasteiger partial charge in [-0.3, -0.25) is 4.84 Å². The minimum Gasteiger partial charge on any atom is -0.306 e. The average Bonchev–Trinajstić information content (AvgIpc) is 2.36. The molecule has 2 amide bonds. The SMILES string of the molecule is CCCSc1ccc(NC(=O)N(C)OC)cc1C. The summed E-state index contributed by atoms with van der Waals surface area (Å²) in [5.74, 6) is 1.11. The Balaban J connectivity index is 2.69. The van der Waals surface area contributed by atoms with Gasteiger partial charge in [-0.05, 0) is 42.9 Å². The van der Waals surface area contributed by atoms with Crippen molar-refractivity contribution in [1.82, 2.24) is 5.06 Å². The van der Waals surface area contributed by atoms with Crippen LogP contribution in [0.25, 0.3) is 0 Å². The molecule has 0 saturated carbocycles. The van der Waals surface area contributed by atoms with E-state index in [1.54, 1.807) is 7.05 Å². The zero-order valence-corrected chi connectivity index (χ0v) is 12.1. The van der Waals surface area contributed by atoms with Gasteiger partial charge < -0.3 is 5.32 Å². The molecule has 0 spiro atoms. The van der Waals surface area contributed by atoms with Crippen molar-refractivity contribution in [2.24, 2.45) is 0 Å². The zero-order valence-electron chi connectivity index (χ0n) is 11.3. The van der Waals surface area contributed by atoms with Crippen molar-refractivity contribution in [3.8, 4) is 0 Å². The summed E-state index contributed by atoms with van der Waals surface area (Å²) in [4.78, 5) is 17.7. The molecule has 0 fully saturated rings. The highest BCUT2D eigenvalue weighted by molar-refractivity contribution is 7.99. The Kier molecular flexibility index (Phi) is 6.01. The fourth-order valence-electron chi connectivity index (χ4n) is 1.39. The quantitative estimate of drug-likeness (QED) is 0.656. The van der Waals surface area contributed by atoms with Crippen LogP contribution in [0.5, 0.6) is 0 Å². The molecular weight excluding hydrogens is 248 g/mol. The Morgan fingerprint density at radius 1 is 1.50 bits per heavy atom. The highest BCUT2D eigenvalue weighted by Gasteiger charge is 2.08. The van der Waals surface area contributed by atoms with E-state index in [2.05, 4.69) is 12.2 Å². The van der Waals surface area contributed by atoms with Gasteiger partial charge in [-0.25, -0.2) is 9.86 Å². The second kappa shape index (κ2) is 7.28. The van der Waals surface area contributed by atoms with Crippen molar-refractivity contribution in [1.29, 1.82) is 0 Å². The summed E-state index contributed by atoms with van der Waals surface area (Å²) < 4.78 is 0. The molecule has 0 heterocycles. The van der Waals surface area contributed by atoms with Crippen molar-refractivity contribution in [2.45, 2.75) is 25.2 Å². The number of urea groups is 1. The number of nitrogens with one attached hydrogen (secondary N) is 1. The number of thioether (sulfide) groups is 1. The van der Waals surface area contributed by atoms with Crippen LogP contribution in [0.15, 0.2) is 23.1 Å². The maximum atomic E-state index is 11.6. The highest BCUT2D eigenvalue weighted by Crippen LogP contribution is 2.25. The molecule has 0 saturated heterocycles. The maximum absolute atomic E-state index is 11.6. The number of amides is 2. The zero-order chi connectivity index (χ0) is 13.5. The number of hydrogen-bond acceptors (Lipinski definition) is 3. The number of carbonyl (C=O) groups is 1. The minimum absolute atomic E-state index is 0.286. The van der Waals surface area contributed by atoms with Crippen LogP contribution in [0.4, 0.5) is 10.5 Å². The molecule has 0 aliphatic heterocycles. The number of aryl methyl sites for hydroxylation is 1. The van der Waals surface area contributed by atoms with Gasteiger partial charge in [0.25, 0.3) is 0 Å². The fraction of sp³-hybridized carbons (Fsp3) is 0.462. The third-order valence-corrected chi connectivity index (χ3v) is 3.83. The maximum Gasteiger partial charge on any atom is 0.345 e. The molecule has 0 radical (unpaired) electrons. The van der Waals surface area contributed by atoms with Gasteiger partial charge >= 0.3 is 6.03 Å². The van der Waals surface area contributed by atoms with Gasteiger partial charge in [0.2, 0.25) is 0 Å². The molecule has 5 heteroatoms. The van der Waals surface area contributed by atoms with Gasteiger partial charge in [0.15, 0.2) is 0 Å². The molecule has 1 aromatic carbocycles. The van der Waals surface area contributed by atoms with Gasteiger partial charge in [-0.15, -0.1) is 11.8 Å². The smallest absolute Gasteiger partial charge is 0.306 e. The highest BCUT2D eigenvalue weighted by atomic mass is 32.2. The Bertz CT molecular complexity index is 410. The molecule has 1 N–H and O–H groups in total. The van der Waals surface area contributed by atoms with Crippen LogP contribution in [0.1, 0.15) is 18.9 Å². The summed E-state index contributed by atoms with van der Waals surface area (Å²) in [6, 6.07) is 5.63. The largest absolute Gasteiger partial charge is 0.345 e. The lowest BCUT2D eigenvalue weighted by Crippen LogP contribution is -2.30. The van der Waals surface area contributed by atoms with E-state index in [9.17, 15) is 4.79 Å². The number of rotatable bonds is 5. The molecule has 1 rings (SSSR count). The summed E-state index contributed by atoms with van der Waals surface area (Å²) in [6.07, 6.45) is 1.15. The molecule has 0 bridgehead atoms. The van der Waals surface area contributed by atoms with Crippen LogP contribution in [0.2, 0.25) is 0 Å². The van der Waals surface area contributed by atoms with Gasteiger partial charge in [-0.2, -0.15) is 0 Å². The summed E-state index contributed by atoms with van der Waals surface area (Å²) >= 11 is 1.84. The predicted molar refractivity (Wildman–Crippen MR) is 76.0 cm³/mol. The Hall–Kier alpha value is -1.20.